The Morgan fingerprint density at radius 2 is 2.00 bits per heavy atom. The lowest BCUT2D eigenvalue weighted by atomic mass is 10.3. The van der Waals surface area contributed by atoms with E-state index in [2.05, 4.69) is 25.8 Å². The van der Waals surface area contributed by atoms with Gasteiger partial charge in [0, 0.05) is 12.1 Å². The van der Waals surface area contributed by atoms with Crippen molar-refractivity contribution in [3.8, 4) is 0 Å². The highest BCUT2D eigenvalue weighted by Gasteiger charge is 2.06. The molecule has 0 fully saturated rings. The highest BCUT2D eigenvalue weighted by Crippen LogP contribution is 2.19. The van der Waals surface area contributed by atoms with Gasteiger partial charge >= 0.3 is 0 Å². The molecule has 0 spiro atoms. The van der Waals surface area contributed by atoms with E-state index in [1.54, 1.807) is 0 Å². The monoisotopic (exact) mass is 265 g/mol. The first-order valence-electron chi connectivity index (χ1n) is 5.73. The summed E-state index contributed by atoms with van der Waals surface area (Å²) >= 11 is 0. The molecule has 7 heteroatoms. The van der Waals surface area contributed by atoms with Crippen LogP contribution in [0.2, 0.25) is 0 Å². The van der Waals surface area contributed by atoms with Crippen LogP contribution in [0.1, 0.15) is 13.8 Å². The van der Waals surface area contributed by atoms with Gasteiger partial charge in [0.15, 0.2) is 5.82 Å². The first-order chi connectivity index (χ1) is 9.04. The smallest absolute Gasteiger partial charge is 0.244 e. The maximum Gasteiger partial charge on any atom is 0.244 e. The van der Waals surface area contributed by atoms with Gasteiger partial charge in [-0.3, -0.25) is 0 Å². The van der Waals surface area contributed by atoms with E-state index in [1.807, 2.05) is 13.8 Å². The Labute approximate surface area is 109 Å². The number of rotatable bonds is 4. The Bertz CT molecular complexity index is 574. The fourth-order valence-electron chi connectivity index (χ4n) is 1.41. The highest BCUT2D eigenvalue weighted by atomic mass is 19.1. The number of nitrogens with one attached hydrogen (secondary N) is 2. The first kappa shape index (κ1) is 13.1. The summed E-state index contributed by atoms with van der Waals surface area (Å²) in [4.78, 5) is 4.12. The molecule has 0 radical (unpaired) electrons. The molecule has 0 bridgehead atoms. The van der Waals surface area contributed by atoms with Crippen LogP contribution in [-0.4, -0.2) is 21.2 Å². The van der Waals surface area contributed by atoms with Crippen LogP contribution in [0.15, 0.2) is 24.4 Å². The summed E-state index contributed by atoms with van der Waals surface area (Å²) in [5.41, 5.74) is 0.123. The molecule has 1 aromatic carbocycles. The molecule has 0 saturated heterocycles. The van der Waals surface area contributed by atoms with E-state index < -0.39 is 11.6 Å². The van der Waals surface area contributed by atoms with Crippen LogP contribution in [0, 0.1) is 11.6 Å². The Balaban J connectivity index is 2.18. The van der Waals surface area contributed by atoms with E-state index in [1.165, 1.54) is 12.3 Å². The predicted octanol–water partition coefficient (Wildman–Crippen LogP) is 2.71. The molecule has 0 saturated carbocycles. The molecule has 100 valence electrons. The lowest BCUT2D eigenvalue weighted by Gasteiger charge is -2.09. The molecule has 0 atom stereocenters. The van der Waals surface area contributed by atoms with Crippen LogP contribution >= 0.6 is 0 Å². The number of halogens is 2. The summed E-state index contributed by atoms with van der Waals surface area (Å²) in [6.07, 6.45) is 1.36. The average Bonchev–Trinajstić information content (AvgIpc) is 2.32. The Morgan fingerprint density at radius 1 is 1.21 bits per heavy atom. The van der Waals surface area contributed by atoms with Crippen molar-refractivity contribution in [3.05, 3.63) is 36.0 Å². The third-order valence-corrected chi connectivity index (χ3v) is 2.17. The van der Waals surface area contributed by atoms with E-state index >= 15 is 0 Å². The first-order valence-corrected chi connectivity index (χ1v) is 5.73. The van der Waals surface area contributed by atoms with E-state index in [0.717, 1.165) is 12.1 Å². The molecule has 0 aliphatic carbocycles. The van der Waals surface area contributed by atoms with Gasteiger partial charge in [-0.25, -0.2) is 8.78 Å². The lowest BCUT2D eigenvalue weighted by Crippen LogP contribution is -2.13. The normalized spacial score (nSPS) is 10.6. The van der Waals surface area contributed by atoms with Gasteiger partial charge in [0.25, 0.3) is 0 Å². The number of benzene rings is 1. The van der Waals surface area contributed by atoms with Gasteiger partial charge < -0.3 is 10.6 Å². The van der Waals surface area contributed by atoms with Crippen LogP contribution < -0.4 is 10.6 Å². The molecular formula is C12H13F2N5. The lowest BCUT2D eigenvalue weighted by molar-refractivity contribution is 0.586. The summed E-state index contributed by atoms with van der Waals surface area (Å²) in [5.74, 6) is -0.672. The summed E-state index contributed by atoms with van der Waals surface area (Å²) in [6.45, 7) is 3.87. The SMILES string of the molecule is CC(C)Nc1nncc(Nc2ccc(F)cc2F)n1. The van der Waals surface area contributed by atoms with Gasteiger partial charge in [0.1, 0.15) is 11.6 Å². The van der Waals surface area contributed by atoms with Crippen LogP contribution in [-0.2, 0) is 0 Å². The molecule has 2 aromatic rings. The third-order valence-electron chi connectivity index (χ3n) is 2.17. The minimum atomic E-state index is -0.697. The molecular weight excluding hydrogens is 252 g/mol. The molecule has 5 nitrogen and oxygen atoms in total. The largest absolute Gasteiger partial charge is 0.351 e. The second kappa shape index (κ2) is 5.55. The van der Waals surface area contributed by atoms with Crippen LogP contribution in [0.3, 0.4) is 0 Å². The number of anilines is 3. The zero-order chi connectivity index (χ0) is 13.8. The van der Waals surface area contributed by atoms with Crippen molar-refractivity contribution < 1.29 is 8.78 Å². The van der Waals surface area contributed by atoms with Crippen molar-refractivity contribution in [2.75, 3.05) is 10.6 Å². The van der Waals surface area contributed by atoms with Gasteiger partial charge in [-0.2, -0.15) is 10.1 Å². The minimum Gasteiger partial charge on any atom is -0.351 e. The Hall–Kier alpha value is -2.31. The maximum absolute atomic E-state index is 13.5. The zero-order valence-corrected chi connectivity index (χ0v) is 10.5. The fourth-order valence-corrected chi connectivity index (χ4v) is 1.41. The van der Waals surface area contributed by atoms with E-state index in [9.17, 15) is 8.78 Å². The van der Waals surface area contributed by atoms with E-state index in [0.29, 0.717) is 11.8 Å². The molecule has 1 heterocycles. The summed E-state index contributed by atoms with van der Waals surface area (Å²) < 4.78 is 26.2. The summed E-state index contributed by atoms with van der Waals surface area (Å²) in [5, 5.41) is 13.2. The van der Waals surface area contributed by atoms with Gasteiger partial charge in [-0.1, -0.05) is 0 Å². The van der Waals surface area contributed by atoms with Crippen molar-refractivity contribution in [2.45, 2.75) is 19.9 Å². The number of nitrogens with zero attached hydrogens (tertiary/aromatic N) is 3. The molecule has 0 unspecified atom stereocenters. The van der Waals surface area contributed by atoms with Crippen LogP contribution in [0.4, 0.5) is 26.2 Å². The van der Waals surface area contributed by atoms with Gasteiger partial charge in [-0.05, 0) is 26.0 Å². The van der Waals surface area contributed by atoms with Crippen LogP contribution in [0.25, 0.3) is 0 Å². The molecule has 1 aromatic heterocycles. The van der Waals surface area contributed by atoms with Crippen LogP contribution in [0.5, 0.6) is 0 Å². The van der Waals surface area contributed by atoms with Crippen molar-refractivity contribution in [3.63, 3.8) is 0 Å². The second-order valence-electron chi connectivity index (χ2n) is 4.21. The topological polar surface area (TPSA) is 62.7 Å². The minimum absolute atomic E-state index is 0.123. The van der Waals surface area contributed by atoms with Gasteiger partial charge in [0.2, 0.25) is 5.95 Å². The third kappa shape index (κ3) is 3.57. The van der Waals surface area contributed by atoms with Crippen molar-refractivity contribution in [1.29, 1.82) is 0 Å². The summed E-state index contributed by atoms with van der Waals surface area (Å²) in [6, 6.07) is 3.40. The van der Waals surface area contributed by atoms with Crippen molar-refractivity contribution in [1.82, 2.24) is 15.2 Å². The molecule has 2 N–H and O–H groups in total. The van der Waals surface area contributed by atoms with Crippen molar-refractivity contribution >= 4 is 17.5 Å². The predicted molar refractivity (Wildman–Crippen MR) is 68.2 cm³/mol. The Morgan fingerprint density at radius 3 is 2.68 bits per heavy atom. The molecule has 0 aliphatic heterocycles. The zero-order valence-electron chi connectivity index (χ0n) is 10.5. The fraction of sp³-hybridized carbons (Fsp3) is 0.250. The number of aromatic nitrogens is 3. The van der Waals surface area contributed by atoms with Crippen molar-refractivity contribution in [2.24, 2.45) is 0 Å². The molecule has 0 aliphatic rings. The highest BCUT2D eigenvalue weighted by molar-refractivity contribution is 5.56. The summed E-state index contributed by atoms with van der Waals surface area (Å²) in [7, 11) is 0. The standard InChI is InChI=1S/C12H13F2N5/c1-7(2)16-12-18-11(6-15-19-12)17-10-4-3-8(13)5-9(10)14/h3-7H,1-2H3,(H2,16,17,18,19). The molecule has 0 amide bonds. The molecule has 2 rings (SSSR count). The maximum atomic E-state index is 13.5. The van der Waals surface area contributed by atoms with E-state index in [-0.39, 0.29) is 11.7 Å². The van der Waals surface area contributed by atoms with Gasteiger partial charge in [0.05, 0.1) is 11.9 Å². The average molecular weight is 265 g/mol. The molecule has 19 heavy (non-hydrogen) atoms. The Kier molecular flexibility index (Phi) is 3.84. The number of hydrogen-bond donors (Lipinski definition) is 2. The quantitative estimate of drug-likeness (QED) is 0.890. The van der Waals surface area contributed by atoms with E-state index in [4.69, 9.17) is 0 Å². The number of hydrogen-bond acceptors (Lipinski definition) is 5. The van der Waals surface area contributed by atoms with Gasteiger partial charge in [-0.15, -0.1) is 5.10 Å². The second-order valence-corrected chi connectivity index (χ2v) is 4.21.